The molecule has 33 heavy (non-hydrogen) atoms. The molecule has 0 spiro atoms. The minimum absolute atomic E-state index is 0.0345. The topological polar surface area (TPSA) is 86.0 Å². The molecule has 5 rings (SSSR count). The van der Waals surface area contributed by atoms with Crippen LogP contribution in [-0.4, -0.2) is 61.8 Å². The average molecular weight is 479 g/mol. The van der Waals surface area contributed by atoms with Gasteiger partial charge < -0.3 is 9.64 Å². The minimum Gasteiger partial charge on any atom is -0.378 e. The van der Waals surface area contributed by atoms with Crippen molar-refractivity contribution in [2.75, 3.05) is 26.3 Å². The number of hydrogen-bond acceptors (Lipinski definition) is 8. The quantitative estimate of drug-likeness (QED) is 0.389. The molecule has 1 aliphatic heterocycles. The number of benzene rings is 1. The van der Waals surface area contributed by atoms with Crippen molar-refractivity contribution >= 4 is 29.0 Å². The van der Waals surface area contributed by atoms with Crippen molar-refractivity contribution in [3.05, 3.63) is 70.4 Å². The van der Waals surface area contributed by atoms with Crippen molar-refractivity contribution in [1.82, 2.24) is 29.6 Å². The molecule has 8 nitrogen and oxygen atoms in total. The van der Waals surface area contributed by atoms with Gasteiger partial charge in [-0.05, 0) is 30.7 Å². The minimum atomic E-state index is -0.0345. The molecule has 0 N–H and O–H groups in total. The highest BCUT2D eigenvalue weighted by molar-refractivity contribution is 7.98. The Labute approximate surface area is 199 Å². The van der Waals surface area contributed by atoms with Crippen molar-refractivity contribution in [2.45, 2.75) is 17.8 Å². The fourth-order valence-corrected chi connectivity index (χ4v) is 5.34. The molecule has 0 unspecified atom stereocenters. The summed E-state index contributed by atoms with van der Waals surface area (Å²) in [7, 11) is 0. The van der Waals surface area contributed by atoms with E-state index in [0.29, 0.717) is 37.8 Å². The number of hydrogen-bond donors (Lipinski definition) is 0. The number of amides is 1. The molecule has 1 saturated heterocycles. The lowest BCUT2D eigenvalue weighted by Gasteiger charge is -2.25. The Balaban J connectivity index is 1.39. The lowest BCUT2D eigenvalue weighted by Crippen LogP contribution is -2.40. The first-order valence-corrected chi connectivity index (χ1v) is 12.4. The van der Waals surface area contributed by atoms with Gasteiger partial charge in [0.25, 0.3) is 5.91 Å². The summed E-state index contributed by atoms with van der Waals surface area (Å²) in [6, 6.07) is 12.0. The van der Waals surface area contributed by atoms with E-state index in [4.69, 9.17) is 4.74 Å². The summed E-state index contributed by atoms with van der Waals surface area (Å²) in [6.45, 7) is 4.44. The van der Waals surface area contributed by atoms with Gasteiger partial charge in [-0.25, -0.2) is 4.98 Å². The zero-order valence-electron chi connectivity index (χ0n) is 18.0. The first-order chi connectivity index (χ1) is 16.2. The number of ether oxygens (including phenoxy) is 1. The van der Waals surface area contributed by atoms with Crippen LogP contribution in [0.1, 0.15) is 21.1 Å². The highest BCUT2D eigenvalue weighted by Crippen LogP contribution is 2.31. The summed E-state index contributed by atoms with van der Waals surface area (Å²) in [5.74, 6) is 1.30. The second kappa shape index (κ2) is 9.82. The van der Waals surface area contributed by atoms with Gasteiger partial charge in [0.2, 0.25) is 0 Å². The van der Waals surface area contributed by atoms with Crippen molar-refractivity contribution in [3.8, 4) is 17.1 Å². The van der Waals surface area contributed by atoms with Gasteiger partial charge >= 0.3 is 0 Å². The number of pyridine rings is 1. The van der Waals surface area contributed by atoms with Crippen LogP contribution in [0.3, 0.4) is 0 Å². The molecule has 3 aromatic heterocycles. The predicted octanol–water partition coefficient (Wildman–Crippen LogP) is 3.86. The maximum absolute atomic E-state index is 12.7. The maximum Gasteiger partial charge on any atom is 0.273 e. The Bertz CT molecular complexity index is 1250. The Morgan fingerprint density at radius 3 is 2.79 bits per heavy atom. The number of nitrogens with zero attached hydrogens (tertiary/aromatic N) is 6. The van der Waals surface area contributed by atoms with Crippen LogP contribution in [0.4, 0.5) is 0 Å². The Kier molecular flexibility index (Phi) is 6.47. The van der Waals surface area contributed by atoms with Gasteiger partial charge in [-0.2, -0.15) is 0 Å². The zero-order chi connectivity index (χ0) is 22.6. The molecule has 0 saturated carbocycles. The van der Waals surface area contributed by atoms with E-state index >= 15 is 0 Å². The fraction of sp³-hybridized carbons (Fsp3) is 0.261. The van der Waals surface area contributed by atoms with Crippen molar-refractivity contribution in [3.63, 3.8) is 0 Å². The normalized spacial score (nSPS) is 13.9. The van der Waals surface area contributed by atoms with Gasteiger partial charge in [-0.3, -0.25) is 14.3 Å². The molecule has 4 heterocycles. The van der Waals surface area contributed by atoms with E-state index in [1.807, 2.05) is 29.6 Å². The Morgan fingerprint density at radius 2 is 2.00 bits per heavy atom. The number of thiazole rings is 1. The number of para-hydroxylation sites is 1. The predicted molar refractivity (Wildman–Crippen MR) is 128 cm³/mol. The number of aromatic nitrogens is 5. The third kappa shape index (κ3) is 4.68. The lowest BCUT2D eigenvalue weighted by molar-refractivity contribution is 0.0299. The van der Waals surface area contributed by atoms with Gasteiger partial charge in [-0.1, -0.05) is 30.0 Å². The van der Waals surface area contributed by atoms with Gasteiger partial charge in [0.05, 0.1) is 24.7 Å². The molecule has 0 atom stereocenters. The monoisotopic (exact) mass is 478 g/mol. The van der Waals surface area contributed by atoms with Crippen LogP contribution in [0.25, 0.3) is 17.1 Å². The van der Waals surface area contributed by atoms with Crippen molar-refractivity contribution < 1.29 is 9.53 Å². The van der Waals surface area contributed by atoms with Crippen molar-refractivity contribution in [2.24, 2.45) is 0 Å². The average Bonchev–Trinajstić information content (AvgIpc) is 3.51. The van der Waals surface area contributed by atoms with E-state index in [-0.39, 0.29) is 5.91 Å². The number of carbonyl (C=O) groups is 1. The first-order valence-electron chi connectivity index (χ1n) is 10.6. The molecular weight excluding hydrogens is 456 g/mol. The molecule has 4 aromatic rings. The molecule has 1 fully saturated rings. The van der Waals surface area contributed by atoms with Gasteiger partial charge in [0.1, 0.15) is 10.7 Å². The summed E-state index contributed by atoms with van der Waals surface area (Å²) < 4.78 is 7.39. The number of morpholine rings is 1. The molecule has 0 bridgehead atoms. The molecule has 0 radical (unpaired) electrons. The summed E-state index contributed by atoms with van der Waals surface area (Å²) in [5.41, 5.74) is 3.53. The van der Waals surface area contributed by atoms with E-state index in [1.54, 1.807) is 29.1 Å². The second-order valence-corrected chi connectivity index (χ2v) is 9.37. The first kappa shape index (κ1) is 21.7. The third-order valence-electron chi connectivity index (χ3n) is 5.30. The fourth-order valence-electron chi connectivity index (χ4n) is 3.61. The van der Waals surface area contributed by atoms with E-state index in [1.165, 1.54) is 11.3 Å². The van der Waals surface area contributed by atoms with E-state index in [2.05, 4.69) is 43.8 Å². The summed E-state index contributed by atoms with van der Waals surface area (Å²) in [5, 5.41) is 12.4. The van der Waals surface area contributed by atoms with Crippen LogP contribution >= 0.6 is 23.1 Å². The van der Waals surface area contributed by atoms with Crippen LogP contribution in [0.5, 0.6) is 0 Å². The van der Waals surface area contributed by atoms with Gasteiger partial charge in [-0.15, -0.1) is 21.5 Å². The Hall–Kier alpha value is -3.08. The smallest absolute Gasteiger partial charge is 0.273 e. The van der Waals surface area contributed by atoms with Crippen molar-refractivity contribution in [1.29, 1.82) is 0 Å². The van der Waals surface area contributed by atoms with E-state index in [9.17, 15) is 4.79 Å². The number of thioether (sulfide) groups is 1. The van der Waals surface area contributed by atoms with Crippen LogP contribution in [0.15, 0.2) is 59.3 Å². The van der Waals surface area contributed by atoms with E-state index < -0.39 is 0 Å². The molecule has 1 amide bonds. The van der Waals surface area contributed by atoms with E-state index in [0.717, 1.165) is 32.8 Å². The summed E-state index contributed by atoms with van der Waals surface area (Å²) in [6.07, 6.45) is 3.53. The molecule has 0 aliphatic carbocycles. The van der Waals surface area contributed by atoms with Gasteiger partial charge in [0, 0.05) is 36.4 Å². The maximum atomic E-state index is 12.7. The van der Waals surface area contributed by atoms with Gasteiger partial charge in [0.15, 0.2) is 11.0 Å². The van der Waals surface area contributed by atoms with Crippen LogP contribution in [0, 0.1) is 6.92 Å². The third-order valence-corrected chi connectivity index (χ3v) is 7.28. The summed E-state index contributed by atoms with van der Waals surface area (Å²) >= 11 is 3.04. The number of rotatable bonds is 6. The van der Waals surface area contributed by atoms with Crippen LogP contribution in [-0.2, 0) is 10.5 Å². The molecular formula is C23H22N6O2S2. The Morgan fingerprint density at radius 1 is 1.15 bits per heavy atom. The molecule has 1 aliphatic rings. The highest BCUT2D eigenvalue weighted by Gasteiger charge is 2.22. The summed E-state index contributed by atoms with van der Waals surface area (Å²) in [4.78, 5) is 23.3. The van der Waals surface area contributed by atoms with Crippen LogP contribution < -0.4 is 0 Å². The standard InChI is InChI=1S/C23H22N6O2S2/c1-16-5-2-3-7-19(16)29-21(17-6-4-8-24-13-17)26-27-23(29)33-15-20-25-18(14-32-20)22(30)28-9-11-31-12-10-28/h2-8,13-14H,9-12,15H2,1H3. The lowest BCUT2D eigenvalue weighted by atomic mass is 10.2. The molecule has 1 aromatic carbocycles. The zero-order valence-corrected chi connectivity index (χ0v) is 19.7. The molecule has 10 heteroatoms. The van der Waals surface area contributed by atoms with Crippen LogP contribution in [0.2, 0.25) is 0 Å². The SMILES string of the molecule is Cc1ccccc1-n1c(SCc2nc(C(=O)N3CCOCC3)cs2)nnc1-c1cccnc1. The number of aryl methyl sites for hydroxylation is 1. The highest BCUT2D eigenvalue weighted by atomic mass is 32.2. The largest absolute Gasteiger partial charge is 0.378 e. The molecule has 168 valence electrons. The number of carbonyl (C=O) groups excluding carboxylic acids is 1. The second-order valence-electron chi connectivity index (χ2n) is 7.49.